The molecule has 1 aliphatic rings. The lowest BCUT2D eigenvalue weighted by Gasteiger charge is -2.37. The zero-order valence-corrected chi connectivity index (χ0v) is 7.28. The van der Waals surface area contributed by atoms with Crippen LogP contribution in [0.1, 0.15) is 6.42 Å². The average Bonchev–Trinajstić information content (AvgIpc) is 1.93. The van der Waals surface area contributed by atoms with E-state index in [0.29, 0.717) is 0 Å². The van der Waals surface area contributed by atoms with Gasteiger partial charge < -0.3 is 25.4 Å². The second-order valence-electron chi connectivity index (χ2n) is 2.88. The quantitative estimate of drug-likeness (QED) is 0.384. The molecule has 7 heteroatoms. The number of ether oxygens (including phenoxy) is 1. The maximum Gasteiger partial charge on any atom is 0.348 e. The van der Waals surface area contributed by atoms with Crippen molar-refractivity contribution in [3.63, 3.8) is 0 Å². The first kappa shape index (κ1) is 10.1. The minimum Gasteiger partial charge on any atom is -0.388 e. The van der Waals surface area contributed by atoms with Gasteiger partial charge in [-0.3, -0.25) is 4.57 Å². The van der Waals surface area contributed by atoms with Gasteiger partial charge in [0.25, 0.3) is 0 Å². The summed E-state index contributed by atoms with van der Waals surface area (Å²) < 4.78 is 15.7. The molecule has 0 aromatic carbocycles. The summed E-state index contributed by atoms with van der Waals surface area (Å²) in [6, 6.07) is 0. The Bertz CT molecular complexity index is 216. The number of aliphatic hydroxyl groups excluding tert-OH is 1. The zero-order chi connectivity index (χ0) is 9.41. The molecule has 0 aliphatic carbocycles. The minimum absolute atomic E-state index is 0.0293. The van der Waals surface area contributed by atoms with E-state index in [4.69, 9.17) is 20.3 Å². The van der Waals surface area contributed by atoms with Gasteiger partial charge in [0.05, 0.1) is 6.61 Å². The van der Waals surface area contributed by atoms with Crippen LogP contribution in [0, 0.1) is 0 Å². The maximum atomic E-state index is 10.9. The fourth-order valence-corrected chi connectivity index (χ4v) is 1.93. The van der Waals surface area contributed by atoms with E-state index in [1.165, 1.54) is 0 Å². The van der Waals surface area contributed by atoms with Crippen LogP contribution in [0.15, 0.2) is 0 Å². The van der Waals surface area contributed by atoms with Gasteiger partial charge in [-0.2, -0.15) is 0 Å². The maximum absolute atomic E-state index is 10.9. The van der Waals surface area contributed by atoms with Gasteiger partial charge in [-0.1, -0.05) is 0 Å². The van der Waals surface area contributed by atoms with Gasteiger partial charge in [0.15, 0.2) is 0 Å². The molecule has 1 fully saturated rings. The third-order valence-electron chi connectivity index (χ3n) is 2.04. The molecule has 12 heavy (non-hydrogen) atoms. The highest BCUT2D eigenvalue weighted by Crippen LogP contribution is 2.51. The minimum atomic E-state index is -4.46. The van der Waals surface area contributed by atoms with Crippen LogP contribution in [-0.2, 0) is 9.30 Å². The summed E-state index contributed by atoms with van der Waals surface area (Å²) >= 11 is 0. The standard InChI is InChI=1S/C5H12NO5P/c6-5(12(8,9)10)1-2-11-3-4(5)7/h4,7H,1-3,6H2,(H2,8,9,10)/t4-,5-/m0/s1. The van der Waals surface area contributed by atoms with Crippen LogP contribution < -0.4 is 5.73 Å². The molecule has 1 rings (SSSR count). The number of nitrogens with two attached hydrogens (primary N) is 1. The number of hydrogen-bond acceptors (Lipinski definition) is 4. The van der Waals surface area contributed by atoms with E-state index in [2.05, 4.69) is 0 Å². The van der Waals surface area contributed by atoms with Crippen LogP contribution in [0.25, 0.3) is 0 Å². The summed E-state index contributed by atoms with van der Waals surface area (Å²) in [6.45, 7) is 0.0419. The summed E-state index contributed by atoms with van der Waals surface area (Å²) in [5, 5.41) is 7.39. The second kappa shape index (κ2) is 3.06. The molecule has 0 bridgehead atoms. The molecule has 0 saturated carbocycles. The molecular weight excluding hydrogens is 185 g/mol. The van der Waals surface area contributed by atoms with Crippen molar-refractivity contribution < 1.29 is 24.2 Å². The summed E-state index contributed by atoms with van der Waals surface area (Å²) in [5.41, 5.74) is 5.39. The fourth-order valence-electron chi connectivity index (χ4n) is 1.08. The molecular formula is C5H12NO5P. The smallest absolute Gasteiger partial charge is 0.348 e. The van der Waals surface area contributed by atoms with Crippen molar-refractivity contribution in [2.24, 2.45) is 5.73 Å². The molecule has 6 nitrogen and oxygen atoms in total. The molecule has 1 heterocycles. The van der Waals surface area contributed by atoms with Crippen LogP contribution >= 0.6 is 7.60 Å². The van der Waals surface area contributed by atoms with Gasteiger partial charge in [-0.25, -0.2) is 0 Å². The van der Waals surface area contributed by atoms with E-state index in [-0.39, 0.29) is 19.6 Å². The molecule has 2 atom stereocenters. The van der Waals surface area contributed by atoms with Crippen LogP contribution in [0.4, 0.5) is 0 Å². The first-order valence-electron chi connectivity index (χ1n) is 3.48. The molecule has 72 valence electrons. The Morgan fingerprint density at radius 3 is 2.50 bits per heavy atom. The van der Waals surface area contributed by atoms with Crippen LogP contribution in [0.3, 0.4) is 0 Å². The van der Waals surface area contributed by atoms with Gasteiger partial charge in [0, 0.05) is 13.0 Å². The van der Waals surface area contributed by atoms with Crippen molar-refractivity contribution in [3.8, 4) is 0 Å². The van der Waals surface area contributed by atoms with Crippen molar-refractivity contribution in [2.45, 2.75) is 17.8 Å². The number of aliphatic hydroxyl groups is 1. The predicted octanol–water partition coefficient (Wildman–Crippen LogP) is -1.40. The van der Waals surface area contributed by atoms with Crippen LogP contribution in [-0.4, -0.2) is 39.5 Å². The molecule has 0 aromatic rings. The Balaban J connectivity index is 2.87. The Morgan fingerprint density at radius 2 is 2.17 bits per heavy atom. The fraction of sp³-hybridized carbons (Fsp3) is 1.00. The molecule has 0 aromatic heterocycles. The van der Waals surface area contributed by atoms with Crippen molar-refractivity contribution in [1.82, 2.24) is 0 Å². The molecule has 0 radical (unpaired) electrons. The Hall–Kier alpha value is 0.0300. The van der Waals surface area contributed by atoms with E-state index >= 15 is 0 Å². The predicted molar refractivity (Wildman–Crippen MR) is 40.4 cm³/mol. The van der Waals surface area contributed by atoms with Crippen molar-refractivity contribution >= 4 is 7.60 Å². The van der Waals surface area contributed by atoms with Crippen LogP contribution in [0.5, 0.6) is 0 Å². The molecule has 1 saturated heterocycles. The largest absolute Gasteiger partial charge is 0.388 e. The first-order chi connectivity index (χ1) is 5.38. The van der Waals surface area contributed by atoms with E-state index in [1.54, 1.807) is 0 Å². The number of rotatable bonds is 1. The van der Waals surface area contributed by atoms with Crippen molar-refractivity contribution in [1.29, 1.82) is 0 Å². The Morgan fingerprint density at radius 1 is 1.58 bits per heavy atom. The lowest BCUT2D eigenvalue weighted by molar-refractivity contribution is -0.0376. The Labute approximate surface area is 69.5 Å². The van der Waals surface area contributed by atoms with E-state index < -0.39 is 19.0 Å². The second-order valence-corrected chi connectivity index (χ2v) is 4.80. The SMILES string of the molecule is N[C@]1(P(=O)(O)O)CCOC[C@@H]1O. The van der Waals surface area contributed by atoms with Gasteiger partial charge >= 0.3 is 7.60 Å². The highest BCUT2D eigenvalue weighted by molar-refractivity contribution is 7.53. The normalized spacial score (nSPS) is 38.2. The highest BCUT2D eigenvalue weighted by Gasteiger charge is 2.50. The van der Waals surface area contributed by atoms with Gasteiger partial charge in [0.1, 0.15) is 11.4 Å². The van der Waals surface area contributed by atoms with Crippen molar-refractivity contribution in [2.75, 3.05) is 13.2 Å². The lowest BCUT2D eigenvalue weighted by Crippen LogP contribution is -2.55. The third kappa shape index (κ3) is 1.54. The van der Waals surface area contributed by atoms with E-state index in [9.17, 15) is 9.67 Å². The zero-order valence-electron chi connectivity index (χ0n) is 6.38. The molecule has 0 amide bonds. The highest BCUT2D eigenvalue weighted by atomic mass is 31.2. The molecule has 0 unspecified atom stereocenters. The monoisotopic (exact) mass is 197 g/mol. The summed E-state index contributed by atoms with van der Waals surface area (Å²) in [6.07, 6.45) is -1.33. The topological polar surface area (TPSA) is 113 Å². The third-order valence-corrected chi connectivity index (χ3v) is 3.65. The number of hydrogen-bond donors (Lipinski definition) is 4. The molecule has 0 spiro atoms. The van der Waals surface area contributed by atoms with Crippen LogP contribution in [0.2, 0.25) is 0 Å². The van der Waals surface area contributed by atoms with E-state index in [0.717, 1.165) is 0 Å². The van der Waals surface area contributed by atoms with Gasteiger partial charge in [0.2, 0.25) is 0 Å². The Kier molecular flexibility index (Phi) is 2.58. The van der Waals surface area contributed by atoms with E-state index in [1.807, 2.05) is 0 Å². The van der Waals surface area contributed by atoms with Gasteiger partial charge in [-0.05, 0) is 0 Å². The first-order valence-corrected chi connectivity index (χ1v) is 5.09. The van der Waals surface area contributed by atoms with Crippen molar-refractivity contribution in [3.05, 3.63) is 0 Å². The summed E-state index contributed by atoms with van der Waals surface area (Å²) in [7, 11) is -4.46. The lowest BCUT2D eigenvalue weighted by atomic mass is 10.1. The summed E-state index contributed by atoms with van der Waals surface area (Å²) in [5.74, 6) is 0. The molecule has 5 N–H and O–H groups in total. The summed E-state index contributed by atoms with van der Waals surface area (Å²) in [4.78, 5) is 17.7. The molecule has 1 aliphatic heterocycles. The van der Waals surface area contributed by atoms with Gasteiger partial charge in [-0.15, -0.1) is 0 Å². The average molecular weight is 197 g/mol.